The highest BCUT2D eigenvalue weighted by Crippen LogP contribution is 2.29. The largest absolute Gasteiger partial charge is 0.416 e. The number of Topliss-reactive ketones (excluding diaryl/α,β-unsaturated/α-hetero) is 1. The molecule has 1 fully saturated rings. The van der Waals surface area contributed by atoms with Crippen LogP contribution in [0.4, 0.5) is 13.2 Å². The van der Waals surface area contributed by atoms with Crippen LogP contribution in [0, 0.1) is 5.41 Å². The first kappa shape index (κ1) is 21.4. The third kappa shape index (κ3) is 4.58. The van der Waals surface area contributed by atoms with Gasteiger partial charge in [0.25, 0.3) is 0 Å². The minimum absolute atomic E-state index is 0.0958. The summed E-state index contributed by atoms with van der Waals surface area (Å²) >= 11 is 0. The van der Waals surface area contributed by atoms with E-state index >= 15 is 0 Å². The zero-order chi connectivity index (χ0) is 22.0. The van der Waals surface area contributed by atoms with Gasteiger partial charge in [-0.05, 0) is 50.2 Å². The molecule has 2 heterocycles. The van der Waals surface area contributed by atoms with E-state index in [4.69, 9.17) is 5.41 Å². The zero-order valence-corrected chi connectivity index (χ0v) is 17.2. The van der Waals surface area contributed by atoms with Gasteiger partial charge in [-0.2, -0.15) is 13.2 Å². The molecule has 0 spiro atoms. The summed E-state index contributed by atoms with van der Waals surface area (Å²) in [5.74, 6) is -0.328. The van der Waals surface area contributed by atoms with Crippen molar-refractivity contribution in [3.8, 4) is 0 Å². The Morgan fingerprint density at radius 1 is 0.871 bits per heavy atom. The van der Waals surface area contributed by atoms with Crippen molar-refractivity contribution in [1.82, 2.24) is 14.0 Å². The number of nitrogens with zero attached hydrogens (tertiary/aromatic N) is 3. The molecule has 164 valence electrons. The van der Waals surface area contributed by atoms with Crippen LogP contribution in [0.15, 0.2) is 48.5 Å². The highest BCUT2D eigenvalue weighted by molar-refractivity contribution is 5.96. The van der Waals surface area contributed by atoms with Gasteiger partial charge in [0, 0.05) is 18.7 Å². The van der Waals surface area contributed by atoms with Crippen LogP contribution >= 0.6 is 0 Å². The molecule has 4 rings (SSSR count). The summed E-state index contributed by atoms with van der Waals surface area (Å²) in [6, 6.07) is 11.8. The minimum atomic E-state index is -4.44. The molecule has 0 amide bonds. The van der Waals surface area contributed by atoms with Crippen molar-refractivity contribution in [2.24, 2.45) is 0 Å². The molecule has 8 heteroatoms. The zero-order valence-electron chi connectivity index (χ0n) is 17.2. The summed E-state index contributed by atoms with van der Waals surface area (Å²) in [4.78, 5) is 15.2. The molecule has 0 aliphatic carbocycles. The molecule has 0 saturated carbocycles. The molecular formula is C23H25F3N4O. The predicted octanol–water partition coefficient (Wildman–Crippen LogP) is 4.31. The summed E-state index contributed by atoms with van der Waals surface area (Å²) < 4.78 is 41.9. The maximum absolute atomic E-state index is 12.8. The van der Waals surface area contributed by atoms with Gasteiger partial charge in [0.05, 0.1) is 23.1 Å². The van der Waals surface area contributed by atoms with E-state index in [1.807, 2.05) is 28.8 Å². The predicted molar refractivity (Wildman–Crippen MR) is 112 cm³/mol. The van der Waals surface area contributed by atoms with Crippen molar-refractivity contribution in [2.75, 3.05) is 19.6 Å². The highest BCUT2D eigenvalue weighted by Gasteiger charge is 2.30. The molecule has 0 bridgehead atoms. The molecule has 2 aromatic carbocycles. The van der Waals surface area contributed by atoms with Crippen LogP contribution in [0.2, 0.25) is 0 Å². The number of imidazole rings is 1. The van der Waals surface area contributed by atoms with Gasteiger partial charge in [-0.1, -0.05) is 30.7 Å². The lowest BCUT2D eigenvalue weighted by Gasteiger charge is -2.26. The molecule has 1 aromatic heterocycles. The van der Waals surface area contributed by atoms with Crippen molar-refractivity contribution in [2.45, 2.75) is 38.5 Å². The molecule has 0 atom stereocenters. The summed E-state index contributed by atoms with van der Waals surface area (Å²) in [6.07, 6.45) is -0.783. The van der Waals surface area contributed by atoms with E-state index in [0.717, 1.165) is 42.8 Å². The number of alkyl halides is 3. The Bertz CT molecular complexity index is 1120. The normalized spacial score (nSPS) is 15.5. The van der Waals surface area contributed by atoms with Crippen molar-refractivity contribution in [1.29, 1.82) is 5.41 Å². The molecule has 1 saturated heterocycles. The Hall–Kier alpha value is -2.87. The number of hydrogen-bond donors (Lipinski definition) is 1. The fourth-order valence-electron chi connectivity index (χ4n) is 4.19. The van der Waals surface area contributed by atoms with Crippen molar-refractivity contribution in [3.63, 3.8) is 0 Å². The number of benzene rings is 2. The number of rotatable bonds is 6. The van der Waals surface area contributed by atoms with Crippen LogP contribution in [-0.2, 0) is 19.3 Å². The van der Waals surface area contributed by atoms with E-state index in [-0.39, 0.29) is 23.5 Å². The van der Waals surface area contributed by atoms with Gasteiger partial charge in [-0.25, -0.2) is 0 Å². The van der Waals surface area contributed by atoms with E-state index in [1.165, 1.54) is 31.4 Å². The molecule has 1 N–H and O–H groups in total. The lowest BCUT2D eigenvalue weighted by molar-refractivity contribution is -0.137. The molecule has 1 aliphatic heterocycles. The second-order valence-corrected chi connectivity index (χ2v) is 7.95. The number of fused-ring (bicyclic) bond motifs is 1. The van der Waals surface area contributed by atoms with Crippen molar-refractivity contribution >= 4 is 16.8 Å². The van der Waals surface area contributed by atoms with Crippen molar-refractivity contribution < 1.29 is 18.0 Å². The highest BCUT2D eigenvalue weighted by atomic mass is 19.4. The maximum Gasteiger partial charge on any atom is 0.416 e. The fraction of sp³-hybridized carbons (Fsp3) is 0.391. The number of hydrogen-bond acceptors (Lipinski definition) is 3. The number of para-hydroxylation sites is 2. The second kappa shape index (κ2) is 8.70. The van der Waals surface area contributed by atoms with Crippen LogP contribution in [0.1, 0.15) is 35.2 Å². The second-order valence-electron chi connectivity index (χ2n) is 7.95. The summed E-state index contributed by atoms with van der Waals surface area (Å²) in [5, 5.41) is 8.67. The smallest absolute Gasteiger partial charge is 0.309 e. The first-order valence-electron chi connectivity index (χ1n) is 10.5. The first-order valence-corrected chi connectivity index (χ1v) is 10.5. The third-order valence-electron chi connectivity index (χ3n) is 5.90. The molecular weight excluding hydrogens is 405 g/mol. The summed E-state index contributed by atoms with van der Waals surface area (Å²) in [7, 11) is 0. The standard InChI is InChI=1S/C23H25F3N4O/c24-23(25,26)18-10-8-17(9-11-18)21(31)16-30-20-7-3-2-6-19(20)29(22(30)27)15-14-28-12-4-1-5-13-28/h2-3,6-11,27H,1,4-5,12-16H2. The number of halogens is 3. The van der Waals surface area contributed by atoms with Crippen LogP contribution < -0.4 is 5.62 Å². The summed E-state index contributed by atoms with van der Waals surface area (Å²) in [5.41, 5.74) is 1.28. The minimum Gasteiger partial charge on any atom is -0.309 e. The van der Waals surface area contributed by atoms with Crippen LogP contribution in [-0.4, -0.2) is 39.5 Å². The molecule has 1 aliphatic rings. The Morgan fingerprint density at radius 3 is 2.10 bits per heavy atom. The van der Waals surface area contributed by atoms with Gasteiger partial charge in [0.15, 0.2) is 5.78 Å². The molecule has 0 unspecified atom stereocenters. The quantitative estimate of drug-likeness (QED) is 0.593. The number of carbonyl (C=O) groups excluding carboxylic acids is 1. The van der Waals surface area contributed by atoms with Gasteiger partial charge in [0.1, 0.15) is 0 Å². The van der Waals surface area contributed by atoms with Gasteiger partial charge in [-0.15, -0.1) is 0 Å². The fourth-order valence-corrected chi connectivity index (χ4v) is 4.19. The number of ketones is 1. The average Bonchev–Trinajstić information content (AvgIpc) is 3.03. The number of nitrogens with one attached hydrogen (secondary N) is 1. The van der Waals surface area contributed by atoms with E-state index in [0.29, 0.717) is 6.54 Å². The number of carbonyl (C=O) groups is 1. The third-order valence-corrected chi connectivity index (χ3v) is 5.90. The lowest BCUT2D eigenvalue weighted by atomic mass is 10.1. The first-order chi connectivity index (χ1) is 14.8. The number of aromatic nitrogens is 2. The van der Waals surface area contributed by atoms with E-state index in [2.05, 4.69) is 4.90 Å². The van der Waals surface area contributed by atoms with Crippen LogP contribution in [0.5, 0.6) is 0 Å². The Labute approximate surface area is 178 Å². The van der Waals surface area contributed by atoms with Gasteiger partial charge < -0.3 is 14.0 Å². The van der Waals surface area contributed by atoms with Gasteiger partial charge >= 0.3 is 6.18 Å². The number of piperidine rings is 1. The average molecular weight is 430 g/mol. The molecule has 0 radical (unpaired) electrons. The van der Waals surface area contributed by atoms with E-state index in [1.54, 1.807) is 4.57 Å². The topological polar surface area (TPSA) is 54.0 Å². The maximum atomic E-state index is 12.8. The Balaban J connectivity index is 1.58. The van der Waals surface area contributed by atoms with Gasteiger partial charge in [-0.3, -0.25) is 10.2 Å². The number of likely N-dealkylation sites (tertiary alicyclic amines) is 1. The lowest BCUT2D eigenvalue weighted by Crippen LogP contribution is -2.35. The SMILES string of the molecule is N=c1n(CCN2CCCCC2)c2ccccc2n1CC(=O)c1ccc(C(F)(F)F)cc1. The Kier molecular flexibility index (Phi) is 6.00. The van der Waals surface area contributed by atoms with Crippen LogP contribution in [0.25, 0.3) is 11.0 Å². The van der Waals surface area contributed by atoms with Gasteiger partial charge in [0.2, 0.25) is 5.62 Å². The molecule has 31 heavy (non-hydrogen) atoms. The molecule has 3 aromatic rings. The molecule has 5 nitrogen and oxygen atoms in total. The summed E-state index contributed by atoms with van der Waals surface area (Å²) in [6.45, 7) is 3.54. The van der Waals surface area contributed by atoms with Crippen molar-refractivity contribution in [3.05, 3.63) is 65.3 Å². The van der Waals surface area contributed by atoms with E-state index in [9.17, 15) is 18.0 Å². The monoisotopic (exact) mass is 430 g/mol. The van der Waals surface area contributed by atoms with Crippen LogP contribution in [0.3, 0.4) is 0 Å². The Morgan fingerprint density at radius 2 is 1.48 bits per heavy atom. The van der Waals surface area contributed by atoms with E-state index < -0.39 is 11.7 Å².